The molecule has 1 aliphatic rings. The van der Waals surface area contributed by atoms with Gasteiger partial charge in [-0.3, -0.25) is 0 Å². The quantitative estimate of drug-likeness (QED) is 0.0298. The van der Waals surface area contributed by atoms with Crippen molar-refractivity contribution in [2.24, 2.45) is 0 Å². The van der Waals surface area contributed by atoms with Gasteiger partial charge in [-0.2, -0.15) is 0 Å². The largest absolute Gasteiger partial charge is 0.530 e. The van der Waals surface area contributed by atoms with Crippen molar-refractivity contribution in [3.63, 3.8) is 0 Å². The van der Waals surface area contributed by atoms with E-state index in [0.717, 1.165) is 6.61 Å². The molecule has 4 aromatic carbocycles. The molecule has 0 amide bonds. The first-order chi connectivity index (χ1) is 23.8. The molecule has 5 atom stereocenters. The Labute approximate surface area is 315 Å². The molecule has 11 nitrogen and oxygen atoms in total. The normalized spacial score (nSPS) is 15.2. The molecule has 1 heterocycles. The highest BCUT2D eigenvalue weighted by molar-refractivity contribution is 7.43. The summed E-state index contributed by atoms with van der Waals surface area (Å²) in [4.78, 5) is 9.90. The number of carbonyl (C=O) groups excluding carboxylic acids is 1. The number of para-hydroxylation sites is 3. The molecule has 1 fully saturated rings. The van der Waals surface area contributed by atoms with Crippen molar-refractivity contribution in [1.29, 1.82) is 0 Å². The highest BCUT2D eigenvalue weighted by Gasteiger charge is 2.29. The van der Waals surface area contributed by atoms with E-state index in [4.69, 9.17) is 102 Å². The van der Waals surface area contributed by atoms with Gasteiger partial charge in [0.05, 0.1) is 34.4 Å². The molecule has 1 unspecified atom stereocenters. The van der Waals surface area contributed by atoms with Gasteiger partial charge in [0.25, 0.3) is 0 Å². The highest BCUT2D eigenvalue weighted by Crippen LogP contribution is 2.47. The molecule has 0 radical (unpaired) electrons. The number of benzene rings is 4. The highest BCUT2D eigenvalue weighted by atomic mass is 35.5. The number of ether oxygens (including phenoxy) is 1. The van der Waals surface area contributed by atoms with E-state index in [1.807, 2.05) is 91.0 Å². The lowest BCUT2D eigenvalue weighted by Crippen LogP contribution is -2.46. The number of aldehydes is 1. The molecule has 0 aliphatic carbocycles. The van der Waals surface area contributed by atoms with Gasteiger partial charge in [-0.15, -0.1) is 0 Å². The minimum Gasteiger partial charge on any atom is -0.505 e. The van der Waals surface area contributed by atoms with Crippen LogP contribution in [0.2, 0.25) is 25.1 Å². The molecule has 17 heteroatoms. The zero-order valence-corrected chi connectivity index (χ0v) is 30.8. The van der Waals surface area contributed by atoms with E-state index in [1.165, 1.54) is 0 Å². The van der Waals surface area contributed by atoms with Crippen LogP contribution in [0.5, 0.6) is 23.0 Å². The van der Waals surface area contributed by atoms with Crippen molar-refractivity contribution in [2.45, 2.75) is 37.4 Å². The smallest absolute Gasteiger partial charge is 0.505 e. The molecular formula is C33H34Cl5O11P. The van der Waals surface area contributed by atoms with Gasteiger partial charge < -0.3 is 53.7 Å². The second kappa shape index (κ2) is 23.1. The zero-order chi connectivity index (χ0) is 37.2. The molecule has 0 aromatic heterocycles. The van der Waals surface area contributed by atoms with Crippen LogP contribution in [-0.4, -0.2) is 80.7 Å². The summed E-state index contributed by atoms with van der Waals surface area (Å²) < 4.78 is 22.2. The third-order valence-electron chi connectivity index (χ3n) is 5.88. The SMILES string of the molecule is CC1CO1.O=C[C@H](O)[C@@H](O)[C@H](O)[C@H](O)CO.Oc1c(Cl)c(Cl)c(Cl)c(Cl)c1Cl.c1ccc(OP(Oc2ccccc2)Oc2ccccc2)cc1. The third kappa shape index (κ3) is 15.3. The number of phenols is 1. The fourth-order valence-corrected chi connectivity index (χ4v) is 5.19. The van der Waals surface area contributed by atoms with E-state index < -0.39 is 39.6 Å². The second-order valence-corrected chi connectivity index (χ2v) is 12.7. The maximum absolute atomic E-state index is 9.90. The number of hydrogen-bond acceptors (Lipinski definition) is 11. The first kappa shape index (κ1) is 43.6. The lowest BCUT2D eigenvalue weighted by molar-refractivity contribution is -0.136. The Balaban J connectivity index is 0.000000263. The third-order valence-corrected chi connectivity index (χ3v) is 9.21. The van der Waals surface area contributed by atoms with E-state index >= 15 is 0 Å². The van der Waals surface area contributed by atoms with Gasteiger partial charge in [0, 0.05) is 0 Å². The number of aliphatic hydroxyl groups is 5. The summed E-state index contributed by atoms with van der Waals surface area (Å²) in [6.07, 6.45) is -6.26. The Morgan fingerprint density at radius 2 is 1.02 bits per heavy atom. The van der Waals surface area contributed by atoms with Crippen LogP contribution in [-0.2, 0) is 9.53 Å². The molecule has 0 saturated carbocycles. The number of carbonyl (C=O) groups is 1. The van der Waals surface area contributed by atoms with E-state index in [9.17, 15) is 9.90 Å². The number of rotatable bonds is 11. The van der Waals surface area contributed by atoms with Gasteiger partial charge in [0.15, 0.2) is 12.0 Å². The topological polar surface area (TPSA) is 179 Å². The average Bonchev–Trinajstić information content (AvgIpc) is 3.94. The summed E-state index contributed by atoms with van der Waals surface area (Å²) in [6.45, 7) is 2.28. The molecule has 0 spiro atoms. The van der Waals surface area contributed by atoms with Crippen LogP contribution in [0.4, 0.5) is 0 Å². The van der Waals surface area contributed by atoms with Crippen LogP contribution in [0.25, 0.3) is 0 Å². The minimum atomic E-state index is -1.79. The maximum Gasteiger partial charge on any atom is 0.530 e. The summed E-state index contributed by atoms with van der Waals surface area (Å²) in [5.41, 5.74) is 0. The van der Waals surface area contributed by atoms with Crippen molar-refractivity contribution in [3.8, 4) is 23.0 Å². The first-order valence-electron chi connectivity index (χ1n) is 14.4. The van der Waals surface area contributed by atoms with Crippen LogP contribution in [0.15, 0.2) is 91.0 Å². The standard InChI is InChI=1S/C18H15O3P.C6HCl5O.C6H12O6.C3H6O/c1-4-10-16(11-5-1)19-22(20-17-12-6-2-7-13-17)21-18-14-8-3-9-15-18;7-1-2(8)4(10)6(12)5(11)3(1)9;7-1-3(9)5(11)6(12)4(10)2-8;1-3-2-4-3/h1-15H;12H;1,3-6,8-12H,2H2;3H,2H2,1H3/t;;3-,4+,5+,6+;/m..0./s1. The van der Waals surface area contributed by atoms with Gasteiger partial charge in [-0.25, -0.2) is 0 Å². The molecule has 6 N–H and O–H groups in total. The molecule has 50 heavy (non-hydrogen) atoms. The van der Waals surface area contributed by atoms with Gasteiger partial charge in [-0.1, -0.05) is 113 Å². The Kier molecular flexibility index (Phi) is 20.1. The van der Waals surface area contributed by atoms with Gasteiger partial charge in [0.1, 0.15) is 51.7 Å². The van der Waals surface area contributed by atoms with E-state index in [0.29, 0.717) is 23.4 Å². The number of hydrogen-bond donors (Lipinski definition) is 6. The Hall–Kier alpha value is -2.61. The van der Waals surface area contributed by atoms with Crippen LogP contribution in [0, 0.1) is 0 Å². The van der Waals surface area contributed by atoms with Crippen LogP contribution >= 0.6 is 66.6 Å². The Bertz CT molecular complexity index is 1350. The molecule has 5 rings (SSSR count). The van der Waals surface area contributed by atoms with E-state index in [-0.39, 0.29) is 37.1 Å². The van der Waals surface area contributed by atoms with Gasteiger partial charge >= 0.3 is 8.60 Å². The first-order valence-corrected chi connectivity index (χ1v) is 17.4. The van der Waals surface area contributed by atoms with Crippen LogP contribution in [0.3, 0.4) is 0 Å². The second-order valence-electron chi connectivity index (χ2n) is 9.86. The van der Waals surface area contributed by atoms with Crippen molar-refractivity contribution in [1.82, 2.24) is 0 Å². The van der Waals surface area contributed by atoms with Gasteiger partial charge in [-0.05, 0) is 43.3 Å². The summed E-state index contributed by atoms with van der Waals surface area (Å²) in [7, 11) is -1.59. The van der Waals surface area contributed by atoms with Crippen molar-refractivity contribution in [3.05, 3.63) is 116 Å². The predicted octanol–water partition coefficient (Wildman–Crippen LogP) is 7.14. The average molecular weight is 815 g/mol. The fraction of sp³-hybridized carbons (Fsp3) is 0.242. The zero-order valence-electron chi connectivity index (χ0n) is 26.1. The number of halogens is 5. The minimum absolute atomic E-state index is 0.00904. The fourth-order valence-electron chi connectivity index (χ4n) is 3.07. The molecular weight excluding hydrogens is 781 g/mol. The van der Waals surface area contributed by atoms with Crippen molar-refractivity contribution >= 4 is 72.9 Å². The summed E-state index contributed by atoms with van der Waals surface area (Å²) in [5.74, 6) is 1.76. The van der Waals surface area contributed by atoms with Gasteiger partial charge in [0.2, 0.25) is 0 Å². The predicted molar refractivity (Wildman–Crippen MR) is 194 cm³/mol. The van der Waals surface area contributed by atoms with E-state index in [2.05, 4.69) is 6.92 Å². The molecule has 1 saturated heterocycles. The van der Waals surface area contributed by atoms with E-state index in [1.54, 1.807) is 0 Å². The number of phenolic OH excluding ortho intramolecular Hbond substituents is 1. The summed E-state index contributed by atoms with van der Waals surface area (Å²) in [6, 6.07) is 28.5. The summed E-state index contributed by atoms with van der Waals surface area (Å²) in [5, 5.41) is 52.6. The van der Waals surface area contributed by atoms with Crippen molar-refractivity contribution in [2.75, 3.05) is 13.2 Å². The molecule has 272 valence electrons. The lowest BCUT2D eigenvalue weighted by Gasteiger charge is -2.22. The monoisotopic (exact) mass is 812 g/mol. The number of aromatic hydroxyl groups is 1. The maximum atomic E-state index is 9.90. The Morgan fingerprint density at radius 1 is 0.700 bits per heavy atom. The van der Waals surface area contributed by atoms with Crippen LogP contribution < -0.4 is 13.6 Å². The lowest BCUT2D eigenvalue weighted by atomic mass is 10.0. The van der Waals surface area contributed by atoms with Crippen LogP contribution in [0.1, 0.15) is 6.92 Å². The molecule has 1 aliphatic heterocycles. The van der Waals surface area contributed by atoms with Crippen molar-refractivity contribution < 1.29 is 53.7 Å². The number of epoxide rings is 1. The molecule has 0 bridgehead atoms. The molecule has 4 aromatic rings. The number of aliphatic hydroxyl groups excluding tert-OH is 5. The Morgan fingerprint density at radius 3 is 1.30 bits per heavy atom. The summed E-state index contributed by atoms with van der Waals surface area (Å²) >= 11 is 27.9.